The molecule has 0 saturated heterocycles. The Balaban J connectivity index is 2.24. The normalized spacial score (nSPS) is 18.9. The number of benzene rings is 1. The van der Waals surface area contributed by atoms with E-state index in [0.29, 0.717) is 5.92 Å². The Labute approximate surface area is 118 Å². The zero-order valence-corrected chi connectivity index (χ0v) is 11.6. The fourth-order valence-electron chi connectivity index (χ4n) is 2.82. The molecule has 0 fully saturated rings. The monoisotopic (exact) mass is 280 g/mol. The van der Waals surface area contributed by atoms with Crippen molar-refractivity contribution < 1.29 is 18.8 Å². The van der Waals surface area contributed by atoms with Crippen LogP contribution >= 0.6 is 0 Å². The lowest BCUT2D eigenvalue weighted by Gasteiger charge is -2.22. The van der Waals surface area contributed by atoms with Crippen molar-refractivity contribution in [1.82, 2.24) is 0 Å². The first-order chi connectivity index (χ1) is 9.54. The molecule has 0 spiro atoms. The molecule has 0 radical (unpaired) electrons. The second-order valence-electron chi connectivity index (χ2n) is 5.36. The van der Waals surface area contributed by atoms with E-state index >= 15 is 0 Å². The van der Waals surface area contributed by atoms with Crippen LogP contribution in [0.3, 0.4) is 0 Å². The maximum Gasteiger partial charge on any atom is 0.491 e. The van der Waals surface area contributed by atoms with Gasteiger partial charge in [-0.25, -0.2) is 8.78 Å². The summed E-state index contributed by atoms with van der Waals surface area (Å²) >= 11 is 0. The predicted octanol–water partition coefficient (Wildman–Crippen LogP) is 2.63. The molecule has 1 aromatic carbocycles. The Morgan fingerprint density at radius 3 is 2.55 bits per heavy atom. The summed E-state index contributed by atoms with van der Waals surface area (Å²) in [7, 11) is -1.99. The molecular weight excluding hydrogens is 261 g/mol. The topological polar surface area (TPSA) is 40.5 Å². The van der Waals surface area contributed by atoms with Crippen molar-refractivity contribution in [1.29, 1.82) is 0 Å². The first-order valence-electron chi connectivity index (χ1n) is 7.08. The van der Waals surface area contributed by atoms with Crippen LogP contribution in [-0.4, -0.2) is 17.2 Å². The highest BCUT2D eigenvalue weighted by molar-refractivity contribution is 6.58. The third-order valence-electron chi connectivity index (χ3n) is 3.95. The van der Waals surface area contributed by atoms with Gasteiger partial charge >= 0.3 is 7.12 Å². The molecule has 1 aromatic rings. The van der Waals surface area contributed by atoms with Crippen LogP contribution in [0, 0.1) is 17.6 Å². The number of rotatable bonds is 4. The Bertz CT molecular complexity index is 515. The molecule has 1 aliphatic rings. The Hall–Kier alpha value is -1.20. The molecule has 20 heavy (non-hydrogen) atoms. The molecule has 0 aromatic heterocycles. The largest absolute Gasteiger partial charge is 0.491 e. The lowest BCUT2D eigenvalue weighted by molar-refractivity contribution is 0.419. The minimum absolute atomic E-state index is 0.238. The van der Waals surface area contributed by atoms with Gasteiger partial charge in [0.2, 0.25) is 0 Å². The van der Waals surface area contributed by atoms with Gasteiger partial charge in [-0.1, -0.05) is 38.0 Å². The summed E-state index contributed by atoms with van der Waals surface area (Å²) in [6, 6.07) is 2.66. The van der Waals surface area contributed by atoms with Gasteiger partial charge in [-0.3, -0.25) is 0 Å². The summed E-state index contributed by atoms with van der Waals surface area (Å²) in [5.41, 5.74) is 0.626. The number of hydrogen-bond donors (Lipinski definition) is 2. The molecular formula is C15H19BF2O2. The average Bonchev–Trinajstić information content (AvgIpc) is 2.43. The molecule has 1 unspecified atom stereocenters. The molecule has 1 aliphatic carbocycles. The maximum absolute atomic E-state index is 14.0. The van der Waals surface area contributed by atoms with Crippen molar-refractivity contribution in [2.24, 2.45) is 5.92 Å². The molecule has 5 heteroatoms. The van der Waals surface area contributed by atoms with Crippen LogP contribution in [0.15, 0.2) is 18.2 Å². The first kappa shape index (κ1) is 15.2. The van der Waals surface area contributed by atoms with Crippen molar-refractivity contribution in [2.45, 2.75) is 39.0 Å². The third kappa shape index (κ3) is 3.10. The van der Waals surface area contributed by atoms with E-state index in [0.717, 1.165) is 37.7 Å². The van der Waals surface area contributed by atoms with E-state index in [1.54, 1.807) is 0 Å². The Kier molecular flexibility index (Phi) is 4.94. The highest BCUT2D eigenvalue weighted by Crippen LogP contribution is 2.33. The van der Waals surface area contributed by atoms with Gasteiger partial charge in [-0.2, -0.15) is 0 Å². The van der Waals surface area contributed by atoms with Crippen molar-refractivity contribution in [3.05, 3.63) is 35.4 Å². The van der Waals surface area contributed by atoms with E-state index < -0.39 is 24.2 Å². The molecule has 0 bridgehead atoms. The lowest BCUT2D eigenvalue weighted by atomic mass is 9.78. The summed E-state index contributed by atoms with van der Waals surface area (Å²) < 4.78 is 27.8. The minimum atomic E-state index is -1.99. The van der Waals surface area contributed by atoms with E-state index in [4.69, 9.17) is 10.0 Å². The van der Waals surface area contributed by atoms with Crippen LogP contribution in [-0.2, 0) is 0 Å². The molecule has 0 amide bonds. The summed E-state index contributed by atoms with van der Waals surface area (Å²) in [5.74, 6) is -1.53. The number of hydrogen-bond acceptors (Lipinski definition) is 2. The Morgan fingerprint density at radius 1 is 1.25 bits per heavy atom. The minimum Gasteiger partial charge on any atom is -0.423 e. The van der Waals surface area contributed by atoms with Crippen molar-refractivity contribution in [3.63, 3.8) is 0 Å². The molecule has 2 nitrogen and oxygen atoms in total. The second-order valence-corrected chi connectivity index (χ2v) is 5.36. The fourth-order valence-corrected chi connectivity index (χ4v) is 2.82. The first-order valence-corrected chi connectivity index (χ1v) is 7.08. The highest BCUT2D eigenvalue weighted by atomic mass is 19.2. The van der Waals surface area contributed by atoms with Gasteiger partial charge in [-0.05, 0) is 30.8 Å². The summed E-state index contributed by atoms with van der Waals surface area (Å²) in [6.45, 7) is 2.15. The van der Waals surface area contributed by atoms with Gasteiger partial charge in [0.15, 0.2) is 11.6 Å². The van der Waals surface area contributed by atoms with Gasteiger partial charge in [0, 0.05) is 11.0 Å². The zero-order chi connectivity index (χ0) is 14.7. The van der Waals surface area contributed by atoms with Crippen LogP contribution in [0.4, 0.5) is 8.78 Å². The van der Waals surface area contributed by atoms with Crippen LogP contribution in [0.25, 0.3) is 5.57 Å². The van der Waals surface area contributed by atoms with E-state index in [9.17, 15) is 8.78 Å². The van der Waals surface area contributed by atoms with Crippen molar-refractivity contribution >= 4 is 18.2 Å². The molecule has 108 valence electrons. The Morgan fingerprint density at radius 2 is 2.00 bits per heavy atom. The standard InChI is InChI=1S/C15H19BF2O2/c1-2-3-10-4-6-11(7-5-10)12-8-9-13(16(19)20)15(18)14(12)17/h6,8-10,19-20H,2-5,7H2,1H3. The van der Waals surface area contributed by atoms with Crippen molar-refractivity contribution in [2.75, 3.05) is 0 Å². The quantitative estimate of drug-likeness (QED) is 0.832. The van der Waals surface area contributed by atoms with E-state index in [2.05, 4.69) is 6.92 Å². The van der Waals surface area contributed by atoms with E-state index in [1.807, 2.05) is 6.08 Å². The van der Waals surface area contributed by atoms with Crippen molar-refractivity contribution in [3.8, 4) is 0 Å². The lowest BCUT2D eigenvalue weighted by Crippen LogP contribution is -2.33. The van der Waals surface area contributed by atoms with Crippen LogP contribution in [0.1, 0.15) is 44.6 Å². The molecule has 1 atom stereocenters. The molecule has 0 aliphatic heterocycles. The average molecular weight is 280 g/mol. The van der Waals surface area contributed by atoms with Crippen LogP contribution < -0.4 is 5.46 Å². The molecule has 2 N–H and O–H groups in total. The summed E-state index contributed by atoms with van der Waals surface area (Å²) in [5, 5.41) is 17.9. The highest BCUT2D eigenvalue weighted by Gasteiger charge is 2.24. The van der Waals surface area contributed by atoms with Crippen LogP contribution in [0.5, 0.6) is 0 Å². The summed E-state index contributed by atoms with van der Waals surface area (Å²) in [4.78, 5) is 0. The van der Waals surface area contributed by atoms with E-state index in [1.165, 1.54) is 12.1 Å². The SMILES string of the molecule is CCCC1CC=C(c2ccc(B(O)O)c(F)c2F)CC1. The van der Waals surface area contributed by atoms with Gasteiger partial charge in [-0.15, -0.1) is 0 Å². The fraction of sp³-hybridized carbons (Fsp3) is 0.467. The van der Waals surface area contributed by atoms with Gasteiger partial charge in [0.05, 0.1) is 0 Å². The maximum atomic E-state index is 14.0. The number of halogens is 2. The zero-order valence-electron chi connectivity index (χ0n) is 11.6. The number of allylic oxidation sites excluding steroid dienone is 2. The summed E-state index contributed by atoms with van der Waals surface area (Å²) in [6.07, 6.45) is 6.91. The molecule has 2 rings (SSSR count). The second kappa shape index (κ2) is 6.50. The third-order valence-corrected chi connectivity index (χ3v) is 3.95. The van der Waals surface area contributed by atoms with E-state index in [-0.39, 0.29) is 5.56 Å². The smallest absolute Gasteiger partial charge is 0.423 e. The van der Waals surface area contributed by atoms with Gasteiger partial charge in [0.1, 0.15) is 0 Å². The van der Waals surface area contributed by atoms with Gasteiger partial charge in [0.25, 0.3) is 0 Å². The van der Waals surface area contributed by atoms with Crippen LogP contribution in [0.2, 0.25) is 0 Å². The van der Waals surface area contributed by atoms with Gasteiger partial charge < -0.3 is 10.0 Å². The molecule has 0 saturated carbocycles. The predicted molar refractivity (Wildman–Crippen MR) is 76.4 cm³/mol. The molecule has 0 heterocycles.